The van der Waals surface area contributed by atoms with E-state index < -0.39 is 0 Å². The van der Waals surface area contributed by atoms with Crippen molar-refractivity contribution in [1.82, 2.24) is 14.9 Å². The molecule has 0 unspecified atom stereocenters. The Morgan fingerprint density at radius 2 is 2.06 bits per heavy atom. The fraction of sp³-hybridized carbons (Fsp3) is 0.500. The predicted molar refractivity (Wildman–Crippen MR) is 66.4 cm³/mol. The lowest BCUT2D eigenvalue weighted by atomic mass is 10.4. The number of aromatic nitrogens is 1. The molecule has 1 aromatic heterocycles. The van der Waals surface area contributed by atoms with Crippen LogP contribution >= 0.6 is 11.6 Å². The van der Waals surface area contributed by atoms with Crippen LogP contribution in [0.15, 0.2) is 12.3 Å². The van der Waals surface area contributed by atoms with Crippen LogP contribution in [0.4, 0.5) is 11.5 Å². The molecule has 0 atom stereocenters. The highest BCUT2D eigenvalue weighted by atomic mass is 35.5. The molecule has 0 bridgehead atoms. The Bertz CT molecular complexity index is 362. The smallest absolute Gasteiger partial charge is 0.163 e. The number of rotatable bonds is 2. The molecule has 5 nitrogen and oxygen atoms in total. The molecule has 0 radical (unpaired) electrons. The van der Waals surface area contributed by atoms with Crippen molar-refractivity contribution < 1.29 is 0 Å². The Labute approximate surface area is 100 Å². The summed E-state index contributed by atoms with van der Waals surface area (Å²) < 4.78 is 0. The van der Waals surface area contributed by atoms with E-state index in [1.54, 1.807) is 12.3 Å². The van der Waals surface area contributed by atoms with Crippen LogP contribution in [0.2, 0.25) is 5.02 Å². The summed E-state index contributed by atoms with van der Waals surface area (Å²) in [5.74, 6) is 0.675. The summed E-state index contributed by atoms with van der Waals surface area (Å²) in [6.07, 6.45) is 1.59. The van der Waals surface area contributed by atoms with E-state index in [9.17, 15) is 0 Å². The summed E-state index contributed by atoms with van der Waals surface area (Å²) in [7, 11) is 2.12. The van der Waals surface area contributed by atoms with E-state index in [1.165, 1.54) is 0 Å². The molecule has 1 aliphatic heterocycles. The number of nitrogens with zero attached hydrogens (tertiary/aromatic N) is 3. The molecule has 2 heterocycles. The average molecular weight is 242 g/mol. The van der Waals surface area contributed by atoms with Gasteiger partial charge in [-0.05, 0) is 13.1 Å². The topological polar surface area (TPSA) is 57.4 Å². The minimum absolute atomic E-state index is 0.557. The third-order valence-corrected chi connectivity index (χ3v) is 2.86. The lowest BCUT2D eigenvalue weighted by molar-refractivity contribution is 0.178. The van der Waals surface area contributed by atoms with E-state index in [0.717, 1.165) is 26.2 Å². The maximum atomic E-state index is 5.82. The van der Waals surface area contributed by atoms with Crippen LogP contribution in [0.1, 0.15) is 0 Å². The van der Waals surface area contributed by atoms with Crippen molar-refractivity contribution in [3.05, 3.63) is 17.3 Å². The molecule has 1 saturated heterocycles. The zero-order valence-electron chi connectivity index (χ0n) is 9.28. The zero-order valence-corrected chi connectivity index (χ0v) is 10.0. The molecule has 0 saturated carbocycles. The Balaban J connectivity index is 1.98. The molecule has 1 aromatic rings. The lowest BCUT2D eigenvalue weighted by Crippen LogP contribution is -2.47. The molecular weight excluding hydrogens is 226 g/mol. The number of hydrazine groups is 1. The summed E-state index contributed by atoms with van der Waals surface area (Å²) in [6.45, 7) is 4.00. The number of nitrogens with two attached hydrogens (primary N) is 1. The van der Waals surface area contributed by atoms with Crippen molar-refractivity contribution in [3.63, 3.8) is 0 Å². The number of piperazine rings is 1. The highest BCUT2D eigenvalue weighted by molar-refractivity contribution is 6.30. The number of halogens is 1. The van der Waals surface area contributed by atoms with E-state index in [0.29, 0.717) is 16.5 Å². The largest absolute Gasteiger partial charge is 0.396 e. The van der Waals surface area contributed by atoms with Gasteiger partial charge in [0.15, 0.2) is 5.82 Å². The number of anilines is 2. The second-order valence-electron chi connectivity index (χ2n) is 3.99. The van der Waals surface area contributed by atoms with Crippen LogP contribution in [0.5, 0.6) is 0 Å². The molecule has 6 heteroatoms. The zero-order chi connectivity index (χ0) is 11.5. The van der Waals surface area contributed by atoms with Gasteiger partial charge < -0.3 is 16.1 Å². The average Bonchev–Trinajstić information content (AvgIpc) is 2.25. The first-order chi connectivity index (χ1) is 7.65. The number of likely N-dealkylation sites (N-methyl/N-ethyl adjacent to an activating group) is 1. The van der Waals surface area contributed by atoms with Crippen LogP contribution in [-0.4, -0.2) is 48.1 Å². The van der Waals surface area contributed by atoms with Gasteiger partial charge in [0.1, 0.15) is 0 Å². The molecule has 2 rings (SSSR count). The Morgan fingerprint density at radius 3 is 2.69 bits per heavy atom. The van der Waals surface area contributed by atoms with Gasteiger partial charge in [-0.2, -0.15) is 0 Å². The van der Waals surface area contributed by atoms with Gasteiger partial charge in [-0.15, -0.1) is 0 Å². The third kappa shape index (κ3) is 2.75. The SMILES string of the molecule is CN1CCN(Nc2ncc(Cl)cc2N)CC1. The van der Waals surface area contributed by atoms with Gasteiger partial charge in [-0.3, -0.25) is 0 Å². The summed E-state index contributed by atoms with van der Waals surface area (Å²) in [5.41, 5.74) is 9.60. The number of nitrogens with one attached hydrogen (secondary N) is 1. The van der Waals surface area contributed by atoms with Crippen molar-refractivity contribution >= 4 is 23.1 Å². The van der Waals surface area contributed by atoms with Crippen molar-refractivity contribution in [2.75, 3.05) is 44.4 Å². The molecule has 0 amide bonds. The predicted octanol–water partition coefficient (Wildman–Crippen LogP) is 0.891. The highest BCUT2D eigenvalue weighted by Gasteiger charge is 2.14. The van der Waals surface area contributed by atoms with Crippen molar-refractivity contribution in [2.45, 2.75) is 0 Å². The molecular formula is C10H16ClN5. The third-order valence-electron chi connectivity index (χ3n) is 2.65. The Morgan fingerprint density at radius 1 is 1.38 bits per heavy atom. The minimum atomic E-state index is 0.557. The van der Waals surface area contributed by atoms with Gasteiger partial charge in [0, 0.05) is 32.4 Å². The van der Waals surface area contributed by atoms with E-state index in [-0.39, 0.29) is 0 Å². The van der Waals surface area contributed by atoms with E-state index in [2.05, 4.69) is 27.4 Å². The first-order valence-corrected chi connectivity index (χ1v) is 5.64. The molecule has 0 aliphatic carbocycles. The van der Waals surface area contributed by atoms with E-state index in [1.807, 2.05) is 0 Å². The minimum Gasteiger partial charge on any atom is -0.396 e. The maximum Gasteiger partial charge on any atom is 0.163 e. The van der Waals surface area contributed by atoms with Gasteiger partial charge in [0.2, 0.25) is 0 Å². The second-order valence-corrected chi connectivity index (χ2v) is 4.43. The molecule has 16 heavy (non-hydrogen) atoms. The quantitative estimate of drug-likeness (QED) is 0.806. The van der Waals surface area contributed by atoms with Crippen LogP contribution < -0.4 is 11.2 Å². The van der Waals surface area contributed by atoms with Crippen molar-refractivity contribution in [2.24, 2.45) is 0 Å². The fourth-order valence-electron chi connectivity index (χ4n) is 1.62. The Kier molecular flexibility index (Phi) is 3.48. The molecule has 1 fully saturated rings. The molecule has 3 N–H and O–H groups in total. The van der Waals surface area contributed by atoms with Crippen molar-refractivity contribution in [3.8, 4) is 0 Å². The van der Waals surface area contributed by atoms with Crippen molar-refractivity contribution in [1.29, 1.82) is 0 Å². The van der Waals surface area contributed by atoms with Crippen LogP contribution in [0.25, 0.3) is 0 Å². The maximum absolute atomic E-state index is 5.82. The first-order valence-electron chi connectivity index (χ1n) is 5.26. The monoisotopic (exact) mass is 241 g/mol. The summed E-state index contributed by atoms with van der Waals surface area (Å²) in [6, 6.07) is 1.70. The normalized spacial score (nSPS) is 18.6. The fourth-order valence-corrected chi connectivity index (χ4v) is 1.78. The van der Waals surface area contributed by atoms with Gasteiger partial charge in [0.05, 0.1) is 10.7 Å². The lowest BCUT2D eigenvalue weighted by Gasteiger charge is -2.32. The molecule has 1 aliphatic rings. The van der Waals surface area contributed by atoms with Crippen LogP contribution in [-0.2, 0) is 0 Å². The number of hydrogen-bond donors (Lipinski definition) is 2. The molecule has 88 valence electrons. The van der Waals surface area contributed by atoms with Gasteiger partial charge in [0.25, 0.3) is 0 Å². The van der Waals surface area contributed by atoms with Crippen LogP contribution in [0.3, 0.4) is 0 Å². The first kappa shape index (κ1) is 11.4. The standard InChI is InChI=1S/C10H16ClN5/c1-15-2-4-16(5-3-15)14-10-9(12)6-8(11)7-13-10/h6-7H,2-5,12H2,1H3,(H,13,14). The number of nitrogen functional groups attached to an aromatic ring is 1. The van der Waals surface area contributed by atoms with Gasteiger partial charge >= 0.3 is 0 Å². The van der Waals surface area contributed by atoms with Gasteiger partial charge in [-0.25, -0.2) is 9.99 Å². The summed E-state index contributed by atoms with van der Waals surface area (Å²) in [4.78, 5) is 6.46. The number of pyridine rings is 1. The molecule has 0 aromatic carbocycles. The van der Waals surface area contributed by atoms with E-state index in [4.69, 9.17) is 17.3 Å². The summed E-state index contributed by atoms with van der Waals surface area (Å²) in [5, 5.41) is 2.67. The highest BCUT2D eigenvalue weighted by Crippen LogP contribution is 2.20. The molecule has 0 spiro atoms. The number of hydrogen-bond acceptors (Lipinski definition) is 5. The van der Waals surface area contributed by atoms with Gasteiger partial charge in [-0.1, -0.05) is 11.6 Å². The summed E-state index contributed by atoms with van der Waals surface area (Å²) >= 11 is 5.79. The Hall–Kier alpha value is -1.04. The van der Waals surface area contributed by atoms with E-state index >= 15 is 0 Å². The second kappa shape index (κ2) is 4.86. The van der Waals surface area contributed by atoms with Crippen LogP contribution in [0, 0.1) is 0 Å².